The summed E-state index contributed by atoms with van der Waals surface area (Å²) in [5.41, 5.74) is 0. The van der Waals surface area contributed by atoms with Crippen molar-refractivity contribution in [3.8, 4) is 0 Å². The average molecular weight is 242 g/mol. The van der Waals surface area contributed by atoms with Crippen molar-refractivity contribution >= 4 is 58.7 Å². The highest BCUT2D eigenvalue weighted by Crippen LogP contribution is 1.67. The summed E-state index contributed by atoms with van der Waals surface area (Å²) < 4.78 is 0. The minimum atomic E-state index is -4.61. The Morgan fingerprint density at radius 3 is 0.556 bits per heavy atom. The average Bonchev–Trinajstić information content (AvgIpc) is 0.722. The van der Waals surface area contributed by atoms with E-state index in [2.05, 4.69) is 0 Å². The van der Waals surface area contributed by atoms with Crippen molar-refractivity contribution < 1.29 is 19.2 Å². The van der Waals surface area contributed by atoms with Crippen LogP contribution < -0.4 is 0 Å². The summed E-state index contributed by atoms with van der Waals surface area (Å²) in [6.07, 6.45) is 0. The second-order valence-corrected chi connectivity index (χ2v) is 1.80. The van der Waals surface area contributed by atoms with Gasteiger partial charge in [-0.2, -0.15) is 0 Å². The Morgan fingerprint density at radius 2 is 0.556 bits per heavy atom. The van der Waals surface area contributed by atoms with Gasteiger partial charge in [0.1, 0.15) is 0 Å². The van der Waals surface area contributed by atoms with Crippen molar-refractivity contribution in [3.05, 3.63) is 0 Å². The van der Waals surface area contributed by atoms with Gasteiger partial charge in [0.25, 0.3) is 0 Å². The lowest BCUT2D eigenvalue weighted by atomic mass is 15.7. The first-order valence-corrected chi connectivity index (χ1v) is 2.68. The topological polar surface area (TPSA) is 80.9 Å². The van der Waals surface area contributed by atoms with Gasteiger partial charge >= 0.3 is 9.05 Å². The lowest BCUT2D eigenvalue weighted by Crippen LogP contribution is -2.33. The van der Waals surface area contributed by atoms with E-state index >= 15 is 0 Å². The molecule has 0 aliphatic carbocycles. The quantitative estimate of drug-likeness (QED) is 0.414. The lowest BCUT2D eigenvalue weighted by molar-refractivity contribution is 0.117. The first kappa shape index (κ1) is 31.9. The maximum absolute atomic E-state index is 7.33. The number of hydrogen-bond acceptors (Lipinski definition) is 4. The maximum Gasteiger partial charge on any atom is 0.668 e. The van der Waals surface area contributed by atoms with Gasteiger partial charge in [-0.15, -0.1) is 49.6 Å². The predicted octanol–water partition coefficient (Wildman–Crippen LogP) is -0.922. The molecule has 0 saturated heterocycles. The van der Waals surface area contributed by atoms with Gasteiger partial charge in [0.15, 0.2) is 0 Å². The highest BCUT2D eigenvalue weighted by molar-refractivity contribution is 6.46. The van der Waals surface area contributed by atoms with E-state index in [0.29, 0.717) is 0 Å². The molecule has 4 N–H and O–H groups in total. The molecule has 0 atom stereocenters. The van der Waals surface area contributed by atoms with Gasteiger partial charge in [0.2, 0.25) is 0 Å². The molecule has 0 radical (unpaired) electrons. The molecule has 0 spiro atoms. The van der Waals surface area contributed by atoms with Crippen LogP contribution in [0.4, 0.5) is 0 Å². The van der Waals surface area contributed by atoms with Gasteiger partial charge in [-0.1, -0.05) is 0 Å². The molecule has 9 heteroatoms. The second-order valence-electron chi connectivity index (χ2n) is 0.600. The summed E-state index contributed by atoms with van der Waals surface area (Å²) in [5, 5.41) is 0. The molecule has 0 aromatic heterocycles. The van der Waals surface area contributed by atoms with E-state index in [1.54, 1.807) is 0 Å². The fourth-order valence-corrected chi connectivity index (χ4v) is 0. The number of hydrogen-bond donors (Lipinski definition) is 4. The fraction of sp³-hybridized carbons (Fsp3) is 0. The van der Waals surface area contributed by atoms with Crippen molar-refractivity contribution in [1.29, 1.82) is 0 Å². The van der Waals surface area contributed by atoms with Crippen molar-refractivity contribution in [3.63, 3.8) is 0 Å². The Kier molecular flexibility index (Phi) is 42.3. The normalized spacial score (nSPS) is 6.67. The van der Waals surface area contributed by atoms with Crippen LogP contribution in [0.15, 0.2) is 0 Å². The molecule has 0 fully saturated rings. The van der Waals surface area contributed by atoms with Gasteiger partial charge < -0.3 is 19.2 Å². The first-order valence-electron chi connectivity index (χ1n) is 0.894. The molecule has 0 aromatic rings. The fourth-order valence-electron chi connectivity index (χ4n) is 0. The molecule has 4 nitrogen and oxygen atoms in total. The first-order chi connectivity index (χ1) is 2.00. The summed E-state index contributed by atoms with van der Waals surface area (Å²) in [6, 6.07) is 0. The van der Waals surface area contributed by atoms with Crippen LogP contribution in [0, 0.1) is 0 Å². The van der Waals surface area contributed by atoms with Crippen molar-refractivity contribution in [2.24, 2.45) is 0 Å². The Hall–Kier alpha value is 1.22. The Bertz CT molecular complexity index is 28.0. The van der Waals surface area contributed by atoms with Crippen molar-refractivity contribution in [2.45, 2.75) is 0 Å². The van der Waals surface area contributed by atoms with Crippen LogP contribution in [-0.2, 0) is 0 Å². The van der Waals surface area contributed by atoms with Crippen LogP contribution in [-0.4, -0.2) is 28.2 Å². The molecule has 0 amide bonds. The molecule has 0 aromatic carbocycles. The second kappa shape index (κ2) is 11.9. The SMILES string of the molecule is Cl.Cl.Cl.Cl.O[Si](O)(O)O. The molecule has 64 valence electrons. The monoisotopic (exact) mass is 240 g/mol. The van der Waals surface area contributed by atoms with Crippen molar-refractivity contribution in [2.75, 3.05) is 0 Å². The lowest BCUT2D eigenvalue weighted by Gasteiger charge is -1.91. The van der Waals surface area contributed by atoms with Gasteiger partial charge in [0.05, 0.1) is 0 Å². The van der Waals surface area contributed by atoms with E-state index in [1.807, 2.05) is 0 Å². The molecule has 0 rings (SSSR count). The van der Waals surface area contributed by atoms with Crippen LogP contribution in [0.5, 0.6) is 0 Å². The Labute approximate surface area is 78.0 Å². The van der Waals surface area contributed by atoms with Crippen LogP contribution in [0.25, 0.3) is 0 Å². The van der Waals surface area contributed by atoms with Crippen LogP contribution in [0.2, 0.25) is 0 Å². The zero-order valence-corrected chi connectivity index (χ0v) is 8.19. The molecule has 0 bridgehead atoms. The van der Waals surface area contributed by atoms with Gasteiger partial charge in [-0.3, -0.25) is 0 Å². The molecule has 9 heavy (non-hydrogen) atoms. The molecule has 0 unspecified atom stereocenters. The van der Waals surface area contributed by atoms with Crippen LogP contribution in [0.3, 0.4) is 0 Å². The standard InChI is InChI=1S/4ClH.H4O4Si/c;;;;1-5(2,3)4/h4*1H;1-4H. The summed E-state index contributed by atoms with van der Waals surface area (Å²) in [5.74, 6) is 0. The summed E-state index contributed by atoms with van der Waals surface area (Å²) in [4.78, 5) is 29.3. The molecular weight excluding hydrogens is 234 g/mol. The highest BCUT2D eigenvalue weighted by atomic mass is 35.5. The van der Waals surface area contributed by atoms with E-state index in [9.17, 15) is 0 Å². The Balaban J connectivity index is -0.0000000133. The third-order valence-electron chi connectivity index (χ3n) is 0. The zero-order chi connectivity index (χ0) is 4.50. The van der Waals surface area contributed by atoms with Crippen LogP contribution >= 0.6 is 49.6 Å². The van der Waals surface area contributed by atoms with E-state index < -0.39 is 9.05 Å². The Morgan fingerprint density at radius 1 is 0.556 bits per heavy atom. The largest absolute Gasteiger partial charge is 0.668 e. The third-order valence-corrected chi connectivity index (χ3v) is 0. The third kappa shape index (κ3) is 324. The van der Waals surface area contributed by atoms with Gasteiger partial charge in [-0.05, 0) is 0 Å². The van der Waals surface area contributed by atoms with Crippen LogP contribution in [0.1, 0.15) is 0 Å². The van der Waals surface area contributed by atoms with E-state index in [0.717, 1.165) is 0 Å². The molecule has 0 aliphatic rings. The van der Waals surface area contributed by atoms with E-state index in [4.69, 9.17) is 19.2 Å². The van der Waals surface area contributed by atoms with E-state index in [1.165, 1.54) is 0 Å². The minimum Gasteiger partial charge on any atom is -0.368 e. The zero-order valence-electron chi connectivity index (χ0n) is 3.92. The predicted molar refractivity (Wildman–Crippen MR) is 43.6 cm³/mol. The smallest absolute Gasteiger partial charge is 0.368 e. The molecule has 0 aliphatic heterocycles. The highest BCUT2D eigenvalue weighted by Gasteiger charge is 2.22. The molecule has 0 saturated carbocycles. The minimum absolute atomic E-state index is 0. The van der Waals surface area contributed by atoms with Crippen molar-refractivity contribution in [1.82, 2.24) is 0 Å². The molecular formula is H8Cl4O4Si. The molecule has 0 heterocycles. The maximum atomic E-state index is 7.33. The van der Waals surface area contributed by atoms with Gasteiger partial charge in [-0.25, -0.2) is 0 Å². The summed E-state index contributed by atoms with van der Waals surface area (Å²) in [7, 11) is -4.61. The number of halogens is 4. The van der Waals surface area contributed by atoms with E-state index in [-0.39, 0.29) is 49.6 Å². The van der Waals surface area contributed by atoms with Gasteiger partial charge in [0, 0.05) is 0 Å². The summed E-state index contributed by atoms with van der Waals surface area (Å²) in [6.45, 7) is 0. The summed E-state index contributed by atoms with van der Waals surface area (Å²) >= 11 is 0. The number of rotatable bonds is 0.